The molecule has 1 amide bonds. The van der Waals surface area contributed by atoms with E-state index in [0.717, 1.165) is 38.0 Å². The van der Waals surface area contributed by atoms with Crippen molar-refractivity contribution < 1.29 is 13.2 Å². The van der Waals surface area contributed by atoms with Gasteiger partial charge in [0, 0.05) is 55.6 Å². The van der Waals surface area contributed by atoms with E-state index in [4.69, 9.17) is 0 Å². The highest BCUT2D eigenvalue weighted by Crippen LogP contribution is 2.26. The molecule has 2 aliphatic rings. The second-order valence-corrected chi connectivity index (χ2v) is 10.0. The number of aromatic nitrogens is 1. The van der Waals surface area contributed by atoms with Gasteiger partial charge in [-0.3, -0.25) is 14.7 Å². The lowest BCUT2D eigenvalue weighted by atomic mass is 10.1. The summed E-state index contributed by atoms with van der Waals surface area (Å²) >= 11 is 3.40. The minimum absolute atomic E-state index is 0.0238. The molecule has 1 aromatic carbocycles. The van der Waals surface area contributed by atoms with Crippen molar-refractivity contribution in [2.75, 3.05) is 26.2 Å². The molecule has 2 heterocycles. The van der Waals surface area contributed by atoms with E-state index in [1.165, 1.54) is 12.1 Å². The van der Waals surface area contributed by atoms with Crippen molar-refractivity contribution in [1.29, 1.82) is 0 Å². The second-order valence-electron chi connectivity index (χ2n) is 7.47. The maximum atomic E-state index is 13.1. The van der Waals surface area contributed by atoms with E-state index in [1.807, 2.05) is 18.3 Å². The van der Waals surface area contributed by atoms with E-state index in [-0.39, 0.29) is 16.8 Å². The van der Waals surface area contributed by atoms with Gasteiger partial charge < -0.3 is 4.90 Å². The van der Waals surface area contributed by atoms with Crippen molar-refractivity contribution in [3.8, 4) is 0 Å². The van der Waals surface area contributed by atoms with Crippen LogP contribution in [0.1, 0.15) is 28.8 Å². The molecule has 0 unspecified atom stereocenters. The van der Waals surface area contributed by atoms with Crippen LogP contribution in [0.4, 0.5) is 0 Å². The number of benzene rings is 1. The fourth-order valence-electron chi connectivity index (χ4n) is 3.35. The van der Waals surface area contributed by atoms with Crippen molar-refractivity contribution in [2.24, 2.45) is 0 Å². The number of nitrogens with one attached hydrogen (secondary N) is 1. The van der Waals surface area contributed by atoms with Crippen LogP contribution in [-0.4, -0.2) is 61.3 Å². The van der Waals surface area contributed by atoms with Crippen molar-refractivity contribution in [3.05, 3.63) is 58.3 Å². The molecule has 1 aromatic heterocycles. The van der Waals surface area contributed by atoms with Gasteiger partial charge in [-0.2, -0.15) is 0 Å². The molecule has 29 heavy (non-hydrogen) atoms. The largest absolute Gasteiger partial charge is 0.336 e. The molecule has 2 aromatic rings. The number of nitrogens with zero attached hydrogens (tertiary/aromatic N) is 3. The van der Waals surface area contributed by atoms with Crippen molar-refractivity contribution in [1.82, 2.24) is 19.5 Å². The molecule has 4 rings (SSSR count). The normalized spacial score (nSPS) is 18.0. The van der Waals surface area contributed by atoms with Crippen molar-refractivity contribution in [3.63, 3.8) is 0 Å². The van der Waals surface area contributed by atoms with Gasteiger partial charge in [-0.1, -0.05) is 6.07 Å². The molecule has 7 nitrogen and oxygen atoms in total. The molecule has 1 aliphatic heterocycles. The molecule has 0 radical (unpaired) electrons. The molecular formula is C20H23BrN4O3S. The Balaban J connectivity index is 1.42. The van der Waals surface area contributed by atoms with E-state index in [9.17, 15) is 13.2 Å². The van der Waals surface area contributed by atoms with Gasteiger partial charge in [0.15, 0.2) is 0 Å². The van der Waals surface area contributed by atoms with Crippen LogP contribution in [-0.2, 0) is 16.6 Å². The van der Waals surface area contributed by atoms with Gasteiger partial charge in [0.25, 0.3) is 5.91 Å². The molecule has 0 bridgehead atoms. The zero-order valence-corrected chi connectivity index (χ0v) is 18.3. The summed E-state index contributed by atoms with van der Waals surface area (Å²) in [6, 6.07) is 8.62. The van der Waals surface area contributed by atoms with Crippen LogP contribution in [0.25, 0.3) is 0 Å². The average Bonchev–Trinajstić information content (AvgIpc) is 3.52. The summed E-state index contributed by atoms with van der Waals surface area (Å²) in [7, 11) is -3.60. The number of hydrogen-bond donors (Lipinski definition) is 1. The summed E-state index contributed by atoms with van der Waals surface area (Å²) in [6.07, 6.45) is 5.35. The Bertz CT molecular complexity index is 988. The molecule has 154 valence electrons. The smallest absolute Gasteiger partial charge is 0.255 e. The summed E-state index contributed by atoms with van der Waals surface area (Å²) < 4.78 is 28.3. The Hall–Kier alpha value is -1.81. The molecule has 9 heteroatoms. The number of carbonyl (C=O) groups excluding carboxylic acids is 1. The second kappa shape index (κ2) is 8.51. The van der Waals surface area contributed by atoms with Gasteiger partial charge in [-0.15, -0.1) is 0 Å². The highest BCUT2D eigenvalue weighted by atomic mass is 79.9. The quantitative estimate of drug-likeness (QED) is 0.688. The summed E-state index contributed by atoms with van der Waals surface area (Å²) in [5.74, 6) is -0.152. The first-order chi connectivity index (χ1) is 13.9. The van der Waals surface area contributed by atoms with E-state index in [2.05, 4.69) is 30.5 Å². The number of amides is 1. The number of pyridine rings is 1. The Morgan fingerprint density at radius 3 is 2.59 bits per heavy atom. The van der Waals surface area contributed by atoms with Gasteiger partial charge in [0.05, 0.1) is 10.5 Å². The molecule has 2 fully saturated rings. The van der Waals surface area contributed by atoms with E-state index >= 15 is 0 Å². The molecule has 0 atom stereocenters. The maximum Gasteiger partial charge on any atom is 0.255 e. The van der Waals surface area contributed by atoms with Crippen molar-refractivity contribution >= 4 is 31.9 Å². The maximum absolute atomic E-state index is 13.1. The fraction of sp³-hybridized carbons (Fsp3) is 0.400. The zero-order valence-electron chi connectivity index (χ0n) is 15.9. The third-order valence-electron chi connectivity index (χ3n) is 5.17. The van der Waals surface area contributed by atoms with Gasteiger partial charge in [-0.05, 0) is 58.6 Å². The van der Waals surface area contributed by atoms with E-state index in [0.29, 0.717) is 23.1 Å². The lowest BCUT2D eigenvalue weighted by Crippen LogP contribution is -2.48. The van der Waals surface area contributed by atoms with Gasteiger partial charge in [0.1, 0.15) is 0 Å². The van der Waals surface area contributed by atoms with Crippen LogP contribution in [0.3, 0.4) is 0 Å². The molecule has 0 spiro atoms. The predicted octanol–water partition coefficient (Wildman–Crippen LogP) is 2.24. The number of halogens is 1. The van der Waals surface area contributed by atoms with E-state index < -0.39 is 10.0 Å². The molecular weight excluding hydrogens is 456 g/mol. The number of rotatable bonds is 6. The molecule has 1 aliphatic carbocycles. The van der Waals surface area contributed by atoms with Gasteiger partial charge in [0.2, 0.25) is 10.0 Å². The topological polar surface area (TPSA) is 82.6 Å². The first-order valence-electron chi connectivity index (χ1n) is 9.65. The van der Waals surface area contributed by atoms with Gasteiger partial charge in [-0.25, -0.2) is 13.1 Å². The fourth-order valence-corrected chi connectivity index (χ4v) is 5.10. The summed E-state index contributed by atoms with van der Waals surface area (Å²) in [5.41, 5.74) is 1.53. The first kappa shape index (κ1) is 20.5. The number of piperazine rings is 1. The Kier molecular flexibility index (Phi) is 6.00. The Morgan fingerprint density at radius 2 is 1.93 bits per heavy atom. The minimum Gasteiger partial charge on any atom is -0.336 e. The summed E-state index contributed by atoms with van der Waals surface area (Å²) in [5, 5.41) is 0. The van der Waals surface area contributed by atoms with Crippen LogP contribution in [0.5, 0.6) is 0 Å². The number of carbonyl (C=O) groups is 1. The Labute approximate surface area is 179 Å². The van der Waals surface area contributed by atoms with Crippen LogP contribution in [0.15, 0.2) is 52.1 Å². The molecule has 1 N–H and O–H groups in total. The average molecular weight is 479 g/mol. The zero-order chi connectivity index (χ0) is 20.4. The third-order valence-corrected chi connectivity index (χ3v) is 7.38. The van der Waals surface area contributed by atoms with E-state index in [1.54, 1.807) is 17.2 Å². The SMILES string of the molecule is O=C(c1cc(S(=O)(=O)NC2CC2)ccc1Br)N1CCN(Cc2cccnc2)CC1. The third kappa shape index (κ3) is 5.03. The van der Waals surface area contributed by atoms with Crippen molar-refractivity contribution in [2.45, 2.75) is 30.3 Å². The lowest BCUT2D eigenvalue weighted by molar-refractivity contribution is 0.0627. The number of sulfonamides is 1. The summed E-state index contributed by atoms with van der Waals surface area (Å²) in [6.45, 7) is 3.53. The number of hydrogen-bond acceptors (Lipinski definition) is 5. The van der Waals surface area contributed by atoms with Gasteiger partial charge >= 0.3 is 0 Å². The Morgan fingerprint density at radius 1 is 1.17 bits per heavy atom. The molecule has 1 saturated carbocycles. The highest BCUT2D eigenvalue weighted by Gasteiger charge is 2.29. The monoisotopic (exact) mass is 478 g/mol. The standard InChI is InChI=1S/C20H23BrN4O3S/c21-19-6-5-17(29(27,28)23-16-3-4-16)12-18(19)20(26)25-10-8-24(9-11-25)14-15-2-1-7-22-13-15/h1-2,5-7,12-13,16,23H,3-4,8-11,14H2. The van der Waals surface area contributed by atoms with Crippen LogP contribution >= 0.6 is 15.9 Å². The summed E-state index contributed by atoms with van der Waals surface area (Å²) in [4.78, 5) is 21.4. The molecule has 1 saturated heterocycles. The predicted molar refractivity (Wildman–Crippen MR) is 113 cm³/mol. The highest BCUT2D eigenvalue weighted by molar-refractivity contribution is 9.10. The van der Waals surface area contributed by atoms with Crippen LogP contribution in [0, 0.1) is 0 Å². The minimum atomic E-state index is -3.60. The van der Waals surface area contributed by atoms with Crippen LogP contribution < -0.4 is 4.72 Å². The van der Waals surface area contributed by atoms with Crippen LogP contribution in [0.2, 0.25) is 0 Å². The first-order valence-corrected chi connectivity index (χ1v) is 11.9. The lowest BCUT2D eigenvalue weighted by Gasteiger charge is -2.35.